The first-order valence-electron chi connectivity index (χ1n) is 7.25. The smallest absolute Gasteiger partial charge is 0.207 e. The molecule has 1 aliphatic rings. The molecule has 0 amide bonds. The van der Waals surface area contributed by atoms with Crippen molar-refractivity contribution in [3.8, 4) is 0 Å². The van der Waals surface area contributed by atoms with E-state index in [9.17, 15) is 30.0 Å². The van der Waals surface area contributed by atoms with Crippen molar-refractivity contribution in [1.29, 1.82) is 0 Å². The summed E-state index contributed by atoms with van der Waals surface area (Å²) in [6, 6.07) is 5.66. The Labute approximate surface area is 149 Å². The van der Waals surface area contributed by atoms with Gasteiger partial charge in [0.1, 0.15) is 0 Å². The molecule has 1 aromatic carbocycles. The number of piperidine rings is 1. The molecule has 12 heteroatoms. The van der Waals surface area contributed by atoms with E-state index in [4.69, 9.17) is 11.6 Å². The summed E-state index contributed by atoms with van der Waals surface area (Å²) in [5.74, 6) is -0.367. The normalized spacial score (nSPS) is 18.4. The third kappa shape index (κ3) is 4.85. The molecule has 0 unspecified atom stereocenters. The van der Waals surface area contributed by atoms with Crippen molar-refractivity contribution in [2.45, 2.75) is 23.2 Å². The van der Waals surface area contributed by atoms with Crippen LogP contribution in [-0.4, -0.2) is 46.3 Å². The Morgan fingerprint density at radius 2 is 1.60 bits per heavy atom. The molecule has 1 heterocycles. The van der Waals surface area contributed by atoms with Gasteiger partial charge < -0.3 is 0 Å². The molecule has 0 aromatic heterocycles. The molecule has 0 atom stereocenters. The number of rotatable bonds is 5. The average Bonchev–Trinajstić information content (AvgIpc) is 2.53. The molecule has 1 aromatic rings. The largest absolute Gasteiger partial charge is 0.511 e. The van der Waals surface area contributed by atoms with E-state index in [1.807, 2.05) is 0 Å². The van der Waals surface area contributed by atoms with Gasteiger partial charge in [0.15, 0.2) is 0 Å². The second-order valence-corrected chi connectivity index (χ2v) is 9.73. The van der Waals surface area contributed by atoms with Gasteiger partial charge in [-0.15, -0.1) is 0 Å². The van der Waals surface area contributed by atoms with Crippen LogP contribution in [0.15, 0.2) is 29.2 Å². The molecular weight excluding hydrogens is 405 g/mol. The molecule has 0 spiro atoms. The van der Waals surface area contributed by atoms with Crippen LogP contribution < -0.4 is 4.72 Å². The highest BCUT2D eigenvalue weighted by Crippen LogP contribution is 2.26. The van der Waals surface area contributed by atoms with E-state index in [1.165, 1.54) is 33.3 Å². The second-order valence-electron chi connectivity index (χ2n) is 5.60. The van der Waals surface area contributed by atoms with Crippen LogP contribution >= 0.6 is 11.6 Å². The van der Waals surface area contributed by atoms with Crippen LogP contribution in [-0.2, 0) is 20.0 Å². The lowest BCUT2D eigenvalue weighted by Gasteiger charge is -2.31. The number of nitrogens with one attached hydrogen (secondary N) is 1. The lowest BCUT2D eigenvalue weighted by atomic mass is 9.99. The first kappa shape index (κ1) is 20.4. The zero-order valence-electron chi connectivity index (χ0n) is 12.8. The van der Waals surface area contributed by atoms with Crippen molar-refractivity contribution in [3.63, 3.8) is 0 Å². The van der Waals surface area contributed by atoms with Crippen molar-refractivity contribution in [2.75, 3.05) is 19.6 Å². The molecule has 1 fully saturated rings. The number of nitrogens with zero attached hydrogens (tertiary/aromatic N) is 1. The predicted molar refractivity (Wildman–Crippen MR) is 85.9 cm³/mol. The van der Waals surface area contributed by atoms with Gasteiger partial charge in [0.2, 0.25) is 10.0 Å². The van der Waals surface area contributed by atoms with Gasteiger partial charge in [-0.1, -0.05) is 11.6 Å². The number of halogens is 4. The Morgan fingerprint density at radius 1 is 1.08 bits per heavy atom. The minimum atomic E-state index is -5.38. The molecule has 1 N–H and O–H groups in total. The van der Waals surface area contributed by atoms with Crippen LogP contribution in [0.2, 0.25) is 5.02 Å². The number of benzene rings is 1. The SMILES string of the molecule is O=S(=O)(c1ccc(Cl)cc1)N1CCC(CNS(=O)(=O)C(F)(F)F)CC1. The van der Waals surface area contributed by atoms with E-state index in [1.54, 1.807) is 0 Å². The molecule has 1 saturated heterocycles. The van der Waals surface area contributed by atoms with Crippen molar-refractivity contribution in [1.82, 2.24) is 9.03 Å². The number of hydrogen-bond donors (Lipinski definition) is 1. The van der Waals surface area contributed by atoms with Crippen molar-refractivity contribution in [2.24, 2.45) is 5.92 Å². The molecule has 1 aliphatic heterocycles. The number of sulfonamides is 2. The molecule has 0 saturated carbocycles. The fraction of sp³-hybridized carbons (Fsp3) is 0.538. The molecule has 0 aliphatic carbocycles. The van der Waals surface area contributed by atoms with Crippen LogP contribution in [0.3, 0.4) is 0 Å². The fourth-order valence-electron chi connectivity index (χ4n) is 2.42. The van der Waals surface area contributed by atoms with E-state index < -0.39 is 25.6 Å². The molecule has 6 nitrogen and oxygen atoms in total. The lowest BCUT2D eigenvalue weighted by Crippen LogP contribution is -2.43. The highest BCUT2D eigenvalue weighted by Gasteiger charge is 2.45. The Morgan fingerprint density at radius 3 is 2.08 bits per heavy atom. The lowest BCUT2D eigenvalue weighted by molar-refractivity contribution is -0.0448. The highest BCUT2D eigenvalue weighted by molar-refractivity contribution is 7.90. The molecular formula is C13H16ClF3N2O4S2. The minimum absolute atomic E-state index is 0.0770. The Hall–Kier alpha value is -0.880. The first-order chi connectivity index (χ1) is 11.4. The summed E-state index contributed by atoms with van der Waals surface area (Å²) in [5.41, 5.74) is -5.36. The van der Waals surface area contributed by atoms with Gasteiger partial charge in [0.25, 0.3) is 0 Å². The summed E-state index contributed by atoms with van der Waals surface area (Å²) in [5, 5.41) is 0.398. The first-order valence-corrected chi connectivity index (χ1v) is 10.6. The summed E-state index contributed by atoms with van der Waals surface area (Å²) in [7, 11) is -9.09. The average molecular weight is 421 g/mol. The maximum absolute atomic E-state index is 12.5. The van der Waals surface area contributed by atoms with Crippen LogP contribution in [0.4, 0.5) is 13.2 Å². The zero-order chi connectivity index (χ0) is 18.9. The summed E-state index contributed by atoms with van der Waals surface area (Å²) in [4.78, 5) is 0.0770. The standard InChI is InChI=1S/C13H16ClF3N2O4S2/c14-11-1-3-12(4-2-11)24(20,21)19-7-5-10(6-8-19)9-18-25(22,23)13(15,16)17/h1-4,10,18H,5-9H2. The minimum Gasteiger partial charge on any atom is -0.207 e. The van der Waals surface area contributed by atoms with Gasteiger partial charge in [-0.25, -0.2) is 21.6 Å². The number of hydrogen-bond acceptors (Lipinski definition) is 4. The Kier molecular flexibility index (Phi) is 6.04. The van der Waals surface area contributed by atoms with Crippen LogP contribution in [0.1, 0.15) is 12.8 Å². The monoisotopic (exact) mass is 420 g/mol. The molecule has 0 bridgehead atoms. The maximum Gasteiger partial charge on any atom is 0.511 e. The van der Waals surface area contributed by atoms with Gasteiger partial charge in [-0.2, -0.15) is 17.5 Å². The fourth-order valence-corrected chi connectivity index (χ4v) is 4.63. The van der Waals surface area contributed by atoms with Crippen LogP contribution in [0, 0.1) is 5.92 Å². The summed E-state index contributed by atoms with van der Waals surface area (Å²) in [6.07, 6.45) is 0.514. The number of alkyl halides is 3. The third-order valence-corrected chi connectivity index (χ3v) is 7.21. The summed E-state index contributed by atoms with van der Waals surface area (Å²) >= 11 is 5.73. The highest BCUT2D eigenvalue weighted by atomic mass is 35.5. The van der Waals surface area contributed by atoms with Gasteiger partial charge in [-0.05, 0) is 43.0 Å². The van der Waals surface area contributed by atoms with Crippen LogP contribution in [0.5, 0.6) is 0 Å². The molecule has 0 radical (unpaired) electrons. The van der Waals surface area contributed by atoms with E-state index in [0.29, 0.717) is 5.02 Å². The van der Waals surface area contributed by atoms with Gasteiger partial charge in [0, 0.05) is 24.7 Å². The summed E-state index contributed by atoms with van der Waals surface area (Å²) in [6.45, 7) is -0.177. The van der Waals surface area contributed by atoms with Crippen molar-refractivity contribution >= 4 is 31.6 Å². The van der Waals surface area contributed by atoms with Gasteiger partial charge in [-0.3, -0.25) is 0 Å². The predicted octanol–water partition coefficient (Wildman–Crippen LogP) is 2.18. The third-order valence-electron chi connectivity index (χ3n) is 3.89. The Bertz CT molecular complexity index is 803. The van der Waals surface area contributed by atoms with Crippen LogP contribution in [0.25, 0.3) is 0 Å². The topological polar surface area (TPSA) is 83.6 Å². The Balaban J connectivity index is 1.94. The summed E-state index contributed by atoms with van der Waals surface area (Å²) < 4.78 is 86.5. The van der Waals surface area contributed by atoms with E-state index in [-0.39, 0.29) is 43.3 Å². The maximum atomic E-state index is 12.5. The second kappa shape index (κ2) is 7.39. The zero-order valence-corrected chi connectivity index (χ0v) is 15.2. The van der Waals surface area contributed by atoms with E-state index in [2.05, 4.69) is 0 Å². The quantitative estimate of drug-likeness (QED) is 0.791. The van der Waals surface area contributed by atoms with Gasteiger partial charge in [0.05, 0.1) is 4.90 Å². The van der Waals surface area contributed by atoms with E-state index >= 15 is 0 Å². The molecule has 142 valence electrons. The van der Waals surface area contributed by atoms with Crippen molar-refractivity contribution < 1.29 is 30.0 Å². The molecule has 25 heavy (non-hydrogen) atoms. The van der Waals surface area contributed by atoms with Crippen molar-refractivity contribution in [3.05, 3.63) is 29.3 Å². The van der Waals surface area contributed by atoms with E-state index in [0.717, 1.165) is 0 Å². The van der Waals surface area contributed by atoms with Gasteiger partial charge >= 0.3 is 15.5 Å². The molecule has 2 rings (SSSR count).